The number of thiophene rings is 1. The minimum Gasteiger partial charge on any atom is -0.220 e. The standard InChI is InChI=1S/C16H14FN3S2/c1-11-10-21-16(19-14-6-4-13(17)5-7-14)20(11)18-9-15-8-3-12(2)22-15/h3-10H,1-2H3. The first-order valence-electron chi connectivity index (χ1n) is 6.70. The van der Waals surface area contributed by atoms with Crippen LogP contribution in [0.5, 0.6) is 0 Å². The molecule has 0 fully saturated rings. The first kappa shape index (κ1) is 14.9. The molecule has 0 spiro atoms. The van der Waals surface area contributed by atoms with Crippen molar-refractivity contribution in [3.63, 3.8) is 0 Å². The van der Waals surface area contributed by atoms with Crippen LogP contribution in [0.15, 0.2) is 51.9 Å². The predicted octanol–water partition coefficient (Wildman–Crippen LogP) is 4.48. The van der Waals surface area contributed by atoms with E-state index in [1.807, 2.05) is 24.6 Å². The zero-order valence-corrected chi connectivity index (χ0v) is 13.8. The summed E-state index contributed by atoms with van der Waals surface area (Å²) in [5.74, 6) is -0.264. The van der Waals surface area contributed by atoms with Crippen molar-refractivity contribution in [3.05, 3.63) is 67.8 Å². The second-order valence-corrected chi connectivity index (χ2v) is 6.91. The summed E-state index contributed by atoms with van der Waals surface area (Å²) in [5.41, 5.74) is 1.72. The van der Waals surface area contributed by atoms with Crippen LogP contribution < -0.4 is 4.80 Å². The molecule has 0 bridgehead atoms. The molecule has 0 aliphatic heterocycles. The van der Waals surface area contributed by atoms with Crippen LogP contribution in [0.3, 0.4) is 0 Å². The summed E-state index contributed by atoms with van der Waals surface area (Å²) in [6.07, 6.45) is 1.83. The largest absolute Gasteiger partial charge is 0.220 e. The fourth-order valence-corrected chi connectivity index (χ4v) is 3.44. The van der Waals surface area contributed by atoms with E-state index in [-0.39, 0.29) is 5.82 Å². The quantitative estimate of drug-likeness (QED) is 0.633. The highest BCUT2D eigenvalue weighted by molar-refractivity contribution is 7.13. The molecule has 0 saturated heterocycles. The van der Waals surface area contributed by atoms with Gasteiger partial charge in [-0.3, -0.25) is 0 Å². The van der Waals surface area contributed by atoms with Gasteiger partial charge in [0.2, 0.25) is 4.80 Å². The van der Waals surface area contributed by atoms with E-state index in [9.17, 15) is 4.39 Å². The van der Waals surface area contributed by atoms with Crippen molar-refractivity contribution < 1.29 is 4.39 Å². The molecule has 0 amide bonds. The van der Waals surface area contributed by atoms with Crippen LogP contribution in [0.1, 0.15) is 15.4 Å². The maximum absolute atomic E-state index is 13.0. The molecule has 2 aromatic heterocycles. The van der Waals surface area contributed by atoms with Crippen LogP contribution in [0.25, 0.3) is 0 Å². The van der Waals surface area contributed by atoms with Crippen molar-refractivity contribution in [2.75, 3.05) is 0 Å². The Morgan fingerprint density at radius 2 is 1.86 bits per heavy atom. The Kier molecular flexibility index (Phi) is 4.31. The van der Waals surface area contributed by atoms with Crippen LogP contribution in [-0.2, 0) is 0 Å². The number of hydrogen-bond donors (Lipinski definition) is 0. The molecule has 0 unspecified atom stereocenters. The van der Waals surface area contributed by atoms with Crippen molar-refractivity contribution in [2.24, 2.45) is 10.1 Å². The minimum atomic E-state index is -0.264. The number of thiazole rings is 1. The Hall–Kier alpha value is -2.05. The molecule has 3 aromatic rings. The second kappa shape index (κ2) is 6.37. The van der Waals surface area contributed by atoms with Crippen molar-refractivity contribution in [1.82, 2.24) is 4.68 Å². The lowest BCUT2D eigenvalue weighted by Gasteiger charge is -1.97. The van der Waals surface area contributed by atoms with Crippen LogP contribution >= 0.6 is 22.7 Å². The maximum atomic E-state index is 13.0. The lowest BCUT2D eigenvalue weighted by atomic mass is 10.3. The zero-order valence-electron chi connectivity index (χ0n) is 12.2. The van der Waals surface area contributed by atoms with E-state index < -0.39 is 0 Å². The van der Waals surface area contributed by atoms with E-state index in [4.69, 9.17) is 0 Å². The molecule has 0 aliphatic carbocycles. The Morgan fingerprint density at radius 3 is 2.55 bits per heavy atom. The molecule has 3 rings (SSSR count). The summed E-state index contributed by atoms with van der Waals surface area (Å²) >= 11 is 3.20. The molecule has 0 aliphatic rings. The van der Waals surface area contributed by atoms with Gasteiger partial charge in [-0.1, -0.05) is 0 Å². The molecule has 0 saturated carbocycles. The van der Waals surface area contributed by atoms with E-state index >= 15 is 0 Å². The van der Waals surface area contributed by atoms with Crippen LogP contribution in [-0.4, -0.2) is 10.9 Å². The normalized spacial score (nSPS) is 12.4. The van der Waals surface area contributed by atoms with Gasteiger partial charge >= 0.3 is 0 Å². The summed E-state index contributed by atoms with van der Waals surface area (Å²) in [5, 5.41) is 6.51. The van der Waals surface area contributed by atoms with E-state index in [1.165, 1.54) is 28.3 Å². The maximum Gasteiger partial charge on any atom is 0.211 e. The molecule has 0 atom stereocenters. The van der Waals surface area contributed by atoms with Crippen LogP contribution in [0.4, 0.5) is 10.1 Å². The molecule has 0 radical (unpaired) electrons. The number of hydrogen-bond acceptors (Lipinski definition) is 4. The van der Waals surface area contributed by atoms with E-state index in [1.54, 1.807) is 28.1 Å². The van der Waals surface area contributed by atoms with Crippen molar-refractivity contribution in [1.29, 1.82) is 0 Å². The molecule has 22 heavy (non-hydrogen) atoms. The van der Waals surface area contributed by atoms with Crippen molar-refractivity contribution >= 4 is 34.6 Å². The zero-order chi connectivity index (χ0) is 15.5. The second-order valence-electron chi connectivity index (χ2n) is 4.75. The molecule has 3 nitrogen and oxygen atoms in total. The summed E-state index contributed by atoms with van der Waals surface area (Å²) in [6, 6.07) is 10.2. The summed E-state index contributed by atoms with van der Waals surface area (Å²) in [7, 11) is 0. The number of halogens is 1. The minimum absolute atomic E-state index is 0.264. The van der Waals surface area contributed by atoms with Gasteiger partial charge in [0.25, 0.3) is 0 Å². The fraction of sp³-hybridized carbons (Fsp3) is 0.125. The first-order valence-corrected chi connectivity index (χ1v) is 8.40. The molecule has 6 heteroatoms. The monoisotopic (exact) mass is 331 g/mol. The highest BCUT2D eigenvalue weighted by Crippen LogP contribution is 2.14. The van der Waals surface area contributed by atoms with Gasteiger partial charge < -0.3 is 0 Å². The molecule has 1 aromatic carbocycles. The molecule has 2 heterocycles. The molecular weight excluding hydrogens is 317 g/mol. The first-order chi connectivity index (χ1) is 10.6. The van der Waals surface area contributed by atoms with Crippen LogP contribution in [0, 0.1) is 19.7 Å². The van der Waals surface area contributed by atoms with Gasteiger partial charge in [0.1, 0.15) is 5.82 Å². The molecular formula is C16H14FN3S2. The average Bonchev–Trinajstić information content (AvgIpc) is 3.06. The molecule has 0 N–H and O–H groups in total. The van der Waals surface area contributed by atoms with E-state index in [0.717, 1.165) is 15.4 Å². The number of nitrogens with zero attached hydrogens (tertiary/aromatic N) is 3. The van der Waals surface area contributed by atoms with E-state index in [2.05, 4.69) is 23.1 Å². The van der Waals surface area contributed by atoms with Gasteiger partial charge in [-0.15, -0.1) is 22.7 Å². The number of aryl methyl sites for hydroxylation is 2. The summed E-state index contributed by atoms with van der Waals surface area (Å²) < 4.78 is 14.7. The van der Waals surface area contributed by atoms with Gasteiger partial charge in [0, 0.05) is 15.1 Å². The summed E-state index contributed by atoms with van der Waals surface area (Å²) in [6.45, 7) is 4.05. The third kappa shape index (κ3) is 3.40. The van der Waals surface area contributed by atoms with Crippen LogP contribution in [0.2, 0.25) is 0 Å². The van der Waals surface area contributed by atoms with Gasteiger partial charge in [-0.2, -0.15) is 5.10 Å². The lowest BCUT2D eigenvalue weighted by Crippen LogP contribution is -2.11. The number of aromatic nitrogens is 1. The third-order valence-electron chi connectivity index (χ3n) is 2.96. The van der Waals surface area contributed by atoms with Gasteiger partial charge in [0.15, 0.2) is 0 Å². The highest BCUT2D eigenvalue weighted by atomic mass is 32.1. The number of rotatable bonds is 3. The Balaban J connectivity index is 1.97. The SMILES string of the molecule is Cc1ccc(C=Nn2c(C)csc2=Nc2ccc(F)cc2)s1. The van der Waals surface area contributed by atoms with Crippen molar-refractivity contribution in [2.45, 2.75) is 13.8 Å². The highest BCUT2D eigenvalue weighted by Gasteiger charge is 2.00. The predicted molar refractivity (Wildman–Crippen MR) is 90.7 cm³/mol. The topological polar surface area (TPSA) is 29.6 Å². The Morgan fingerprint density at radius 1 is 1.09 bits per heavy atom. The van der Waals surface area contributed by atoms with Gasteiger partial charge in [-0.25, -0.2) is 14.1 Å². The molecule has 112 valence electrons. The summed E-state index contributed by atoms with van der Waals surface area (Å²) in [4.78, 5) is 7.64. The van der Waals surface area contributed by atoms with Crippen molar-refractivity contribution in [3.8, 4) is 0 Å². The van der Waals surface area contributed by atoms with E-state index in [0.29, 0.717) is 5.69 Å². The lowest BCUT2D eigenvalue weighted by molar-refractivity contribution is 0.628. The average molecular weight is 331 g/mol. The van der Waals surface area contributed by atoms with Gasteiger partial charge in [0.05, 0.1) is 17.6 Å². The van der Waals surface area contributed by atoms with Gasteiger partial charge in [-0.05, 0) is 50.2 Å². The smallest absolute Gasteiger partial charge is 0.211 e. The third-order valence-corrected chi connectivity index (χ3v) is 4.83. The fourth-order valence-electron chi connectivity index (χ4n) is 1.87. The Bertz CT molecular complexity index is 869. The number of benzene rings is 1. The Labute approximate surface area is 135 Å².